The fourth-order valence-corrected chi connectivity index (χ4v) is 2.26. The van der Waals surface area contributed by atoms with Crippen LogP contribution in [0.25, 0.3) is 0 Å². The van der Waals surface area contributed by atoms with E-state index in [9.17, 15) is 4.79 Å². The van der Waals surface area contributed by atoms with Gasteiger partial charge in [-0.25, -0.2) is 0 Å². The van der Waals surface area contributed by atoms with Gasteiger partial charge in [-0.3, -0.25) is 4.79 Å². The summed E-state index contributed by atoms with van der Waals surface area (Å²) < 4.78 is 10.5. The van der Waals surface area contributed by atoms with Crippen molar-refractivity contribution >= 4 is 5.91 Å². The van der Waals surface area contributed by atoms with Crippen molar-refractivity contribution in [2.75, 3.05) is 26.9 Å². The van der Waals surface area contributed by atoms with Gasteiger partial charge < -0.3 is 20.1 Å². The highest BCUT2D eigenvalue weighted by Crippen LogP contribution is 2.20. The minimum absolute atomic E-state index is 0.00707. The molecule has 1 aromatic carbocycles. The summed E-state index contributed by atoms with van der Waals surface area (Å²) in [6, 6.07) is 7.54. The molecular weight excluding hydrogens is 256 g/mol. The van der Waals surface area contributed by atoms with Gasteiger partial charge in [0.2, 0.25) is 5.91 Å². The lowest BCUT2D eigenvalue weighted by atomic mass is 10.0. The number of amides is 1. The maximum Gasteiger partial charge on any atom is 0.240 e. The van der Waals surface area contributed by atoms with Crippen LogP contribution >= 0.6 is 0 Å². The van der Waals surface area contributed by atoms with E-state index >= 15 is 0 Å². The second kappa shape index (κ2) is 7.26. The molecule has 2 atom stereocenters. The fraction of sp³-hybridized carbons (Fsp3) is 0.533. The summed E-state index contributed by atoms with van der Waals surface area (Å²) in [6.45, 7) is 3.88. The van der Waals surface area contributed by atoms with E-state index < -0.39 is 0 Å². The highest BCUT2D eigenvalue weighted by molar-refractivity contribution is 5.82. The topological polar surface area (TPSA) is 59.6 Å². The summed E-state index contributed by atoms with van der Waals surface area (Å²) in [5, 5.41) is 6.23. The van der Waals surface area contributed by atoms with Crippen LogP contribution < -0.4 is 15.4 Å². The van der Waals surface area contributed by atoms with Crippen LogP contribution in [0, 0.1) is 0 Å². The lowest BCUT2D eigenvalue weighted by molar-refractivity contribution is -0.126. The second-order valence-corrected chi connectivity index (χ2v) is 4.82. The van der Waals surface area contributed by atoms with Gasteiger partial charge in [0.1, 0.15) is 11.8 Å². The number of morpholine rings is 1. The van der Waals surface area contributed by atoms with Gasteiger partial charge >= 0.3 is 0 Å². The van der Waals surface area contributed by atoms with E-state index in [4.69, 9.17) is 9.47 Å². The summed E-state index contributed by atoms with van der Waals surface area (Å²) in [6.07, 6.45) is 0.839. The Bertz CT molecular complexity index is 427. The average Bonchev–Trinajstić information content (AvgIpc) is 2.53. The smallest absolute Gasteiger partial charge is 0.240 e. The van der Waals surface area contributed by atoms with E-state index in [0.717, 1.165) is 24.3 Å². The van der Waals surface area contributed by atoms with E-state index in [2.05, 4.69) is 17.6 Å². The van der Waals surface area contributed by atoms with Crippen LogP contribution in [0.3, 0.4) is 0 Å². The van der Waals surface area contributed by atoms with Crippen molar-refractivity contribution in [1.82, 2.24) is 10.6 Å². The number of ether oxygens (including phenoxy) is 2. The lowest BCUT2D eigenvalue weighted by Crippen LogP contribution is -2.51. The van der Waals surface area contributed by atoms with Gasteiger partial charge in [0.15, 0.2) is 0 Å². The van der Waals surface area contributed by atoms with Crippen molar-refractivity contribution < 1.29 is 14.3 Å². The molecule has 1 heterocycles. The minimum Gasteiger partial charge on any atom is -0.497 e. The van der Waals surface area contributed by atoms with Crippen molar-refractivity contribution in [2.24, 2.45) is 0 Å². The van der Waals surface area contributed by atoms with Crippen LogP contribution in [0.15, 0.2) is 24.3 Å². The van der Waals surface area contributed by atoms with Crippen molar-refractivity contribution in [3.8, 4) is 5.75 Å². The Hall–Kier alpha value is -1.59. The highest BCUT2D eigenvalue weighted by Gasteiger charge is 2.23. The van der Waals surface area contributed by atoms with Crippen molar-refractivity contribution in [3.05, 3.63) is 29.8 Å². The standard InChI is InChI=1S/C15H22N2O3/c1-3-13(11-4-6-12(19-2)7-5-11)17-15(18)14-10-20-9-8-16-14/h4-7,13-14,16H,3,8-10H2,1-2H3,(H,17,18). The molecule has 20 heavy (non-hydrogen) atoms. The number of hydrogen-bond donors (Lipinski definition) is 2. The molecule has 1 aliphatic heterocycles. The van der Waals surface area contributed by atoms with Crippen LogP contribution in [-0.4, -0.2) is 38.8 Å². The third kappa shape index (κ3) is 3.71. The molecule has 2 N–H and O–H groups in total. The number of benzene rings is 1. The molecule has 1 aliphatic rings. The number of carbonyl (C=O) groups excluding carboxylic acids is 1. The molecule has 2 unspecified atom stereocenters. The predicted octanol–water partition coefficient (Wildman–Crippen LogP) is 1.25. The van der Waals surface area contributed by atoms with Crippen molar-refractivity contribution in [3.63, 3.8) is 0 Å². The molecule has 2 rings (SSSR count). The number of methoxy groups -OCH3 is 1. The first-order valence-electron chi connectivity index (χ1n) is 7.00. The number of nitrogens with one attached hydrogen (secondary N) is 2. The lowest BCUT2D eigenvalue weighted by Gasteiger charge is -2.26. The quantitative estimate of drug-likeness (QED) is 0.851. The van der Waals surface area contributed by atoms with Crippen molar-refractivity contribution in [2.45, 2.75) is 25.4 Å². The average molecular weight is 278 g/mol. The van der Waals surface area contributed by atoms with Gasteiger partial charge in [-0.15, -0.1) is 0 Å². The number of carbonyl (C=O) groups is 1. The SMILES string of the molecule is CCC(NC(=O)C1COCCN1)c1ccc(OC)cc1. The largest absolute Gasteiger partial charge is 0.497 e. The van der Waals surface area contributed by atoms with E-state index in [1.165, 1.54) is 0 Å². The van der Waals surface area contributed by atoms with E-state index in [1.807, 2.05) is 24.3 Å². The van der Waals surface area contributed by atoms with E-state index in [-0.39, 0.29) is 18.0 Å². The van der Waals surface area contributed by atoms with E-state index in [1.54, 1.807) is 7.11 Å². The molecule has 0 aliphatic carbocycles. The molecule has 0 aromatic heterocycles. The summed E-state index contributed by atoms with van der Waals surface area (Å²) in [4.78, 5) is 12.2. The van der Waals surface area contributed by atoms with Gasteiger partial charge in [0, 0.05) is 6.54 Å². The molecule has 5 nitrogen and oxygen atoms in total. The van der Waals surface area contributed by atoms with Crippen LogP contribution in [0.1, 0.15) is 24.9 Å². The zero-order valence-electron chi connectivity index (χ0n) is 12.0. The monoisotopic (exact) mass is 278 g/mol. The number of rotatable bonds is 5. The third-order valence-electron chi connectivity index (χ3n) is 3.48. The molecule has 1 fully saturated rings. The first kappa shape index (κ1) is 14.8. The predicted molar refractivity (Wildman–Crippen MR) is 76.8 cm³/mol. The molecule has 0 bridgehead atoms. The Kier molecular flexibility index (Phi) is 5.38. The Morgan fingerprint density at radius 2 is 2.25 bits per heavy atom. The van der Waals surface area contributed by atoms with Crippen LogP contribution in [-0.2, 0) is 9.53 Å². The molecule has 1 saturated heterocycles. The second-order valence-electron chi connectivity index (χ2n) is 4.82. The Morgan fingerprint density at radius 1 is 1.50 bits per heavy atom. The molecule has 0 radical (unpaired) electrons. The summed E-state index contributed by atoms with van der Waals surface area (Å²) in [7, 11) is 1.64. The molecule has 110 valence electrons. The molecule has 5 heteroatoms. The van der Waals surface area contributed by atoms with E-state index in [0.29, 0.717) is 13.2 Å². The molecular formula is C15H22N2O3. The zero-order chi connectivity index (χ0) is 14.4. The Balaban J connectivity index is 1.98. The van der Waals surface area contributed by atoms with Gasteiger partial charge in [-0.2, -0.15) is 0 Å². The maximum absolute atomic E-state index is 12.2. The van der Waals surface area contributed by atoms with Gasteiger partial charge in [0.25, 0.3) is 0 Å². The van der Waals surface area contributed by atoms with Gasteiger partial charge in [-0.1, -0.05) is 19.1 Å². The molecule has 0 spiro atoms. The van der Waals surface area contributed by atoms with Crippen LogP contribution in [0.4, 0.5) is 0 Å². The zero-order valence-corrected chi connectivity index (χ0v) is 12.0. The number of hydrogen-bond acceptors (Lipinski definition) is 4. The summed E-state index contributed by atoms with van der Waals surface area (Å²) in [5.41, 5.74) is 1.08. The van der Waals surface area contributed by atoms with Gasteiger partial charge in [0.05, 0.1) is 26.4 Å². The fourth-order valence-electron chi connectivity index (χ4n) is 2.26. The van der Waals surface area contributed by atoms with Crippen LogP contribution in [0.5, 0.6) is 5.75 Å². The third-order valence-corrected chi connectivity index (χ3v) is 3.48. The minimum atomic E-state index is -0.254. The molecule has 0 saturated carbocycles. The van der Waals surface area contributed by atoms with Crippen LogP contribution in [0.2, 0.25) is 0 Å². The van der Waals surface area contributed by atoms with Gasteiger partial charge in [-0.05, 0) is 24.1 Å². The normalized spacial score (nSPS) is 20.2. The Morgan fingerprint density at radius 3 is 2.80 bits per heavy atom. The first-order valence-corrected chi connectivity index (χ1v) is 7.00. The summed E-state index contributed by atoms with van der Waals surface area (Å²) in [5.74, 6) is 0.810. The van der Waals surface area contributed by atoms with Crippen molar-refractivity contribution in [1.29, 1.82) is 0 Å². The molecule has 1 amide bonds. The summed E-state index contributed by atoms with van der Waals surface area (Å²) >= 11 is 0. The first-order chi connectivity index (χ1) is 9.74. The maximum atomic E-state index is 12.2. The molecule has 1 aromatic rings. The Labute approximate surface area is 119 Å². The highest BCUT2D eigenvalue weighted by atomic mass is 16.5.